The van der Waals surface area contributed by atoms with Crippen LogP contribution in [0.3, 0.4) is 0 Å². The van der Waals surface area contributed by atoms with E-state index in [1.165, 1.54) is 50.8 Å². The molecule has 3 rings (SSSR count). The van der Waals surface area contributed by atoms with Crippen LogP contribution in [0.5, 0.6) is 0 Å². The summed E-state index contributed by atoms with van der Waals surface area (Å²) in [5.41, 5.74) is 1.41. The van der Waals surface area contributed by atoms with Gasteiger partial charge in [-0.15, -0.1) is 24.0 Å². The number of hydrogen-bond donors (Lipinski definition) is 2. The average Bonchev–Trinajstić information content (AvgIpc) is 2.71. The fraction of sp³-hybridized carbons (Fsp3) is 0.682. The molecule has 2 N–H and O–H groups in total. The first-order valence-corrected chi connectivity index (χ1v) is 10.9. The summed E-state index contributed by atoms with van der Waals surface area (Å²) in [6, 6.07) is 11.3. The number of benzene rings is 1. The first-order valence-electron chi connectivity index (χ1n) is 10.9. The average molecular weight is 499 g/mol. The molecule has 0 bridgehead atoms. The SMILES string of the molecule is CCNC(=NCCN1CCCCC1)NC1CCN(Cc2ccccc2)CC1.I. The van der Waals surface area contributed by atoms with Crippen molar-refractivity contribution < 1.29 is 0 Å². The molecule has 2 fully saturated rings. The van der Waals surface area contributed by atoms with Crippen molar-refractivity contribution in [1.29, 1.82) is 0 Å². The lowest BCUT2D eigenvalue weighted by atomic mass is 10.0. The third kappa shape index (κ3) is 8.25. The molecule has 0 aromatic heterocycles. The third-order valence-electron chi connectivity index (χ3n) is 5.66. The second-order valence-electron chi connectivity index (χ2n) is 7.84. The standard InChI is InChI=1S/C22H37N5.HI/c1-2-23-22(24-13-18-26-14-7-4-8-15-26)25-21-11-16-27(17-12-21)19-20-9-5-3-6-10-20;/h3,5-6,9-10,21H,2,4,7-8,11-19H2,1H3,(H2,23,24,25);1H. The minimum Gasteiger partial charge on any atom is -0.357 e. The lowest BCUT2D eigenvalue weighted by Gasteiger charge is -2.33. The van der Waals surface area contributed by atoms with Crippen LogP contribution in [-0.4, -0.2) is 67.6 Å². The summed E-state index contributed by atoms with van der Waals surface area (Å²) in [6.45, 7) is 10.9. The Bertz CT molecular complexity index is 551. The van der Waals surface area contributed by atoms with Crippen molar-refractivity contribution in [2.75, 3.05) is 45.8 Å². The summed E-state index contributed by atoms with van der Waals surface area (Å²) in [7, 11) is 0. The Kier molecular flexibility index (Phi) is 11.2. The maximum absolute atomic E-state index is 4.83. The van der Waals surface area contributed by atoms with E-state index >= 15 is 0 Å². The summed E-state index contributed by atoms with van der Waals surface area (Å²) in [5.74, 6) is 0.996. The summed E-state index contributed by atoms with van der Waals surface area (Å²) in [5, 5.41) is 7.10. The zero-order valence-corrected chi connectivity index (χ0v) is 19.7. The molecule has 2 saturated heterocycles. The van der Waals surface area contributed by atoms with E-state index in [9.17, 15) is 0 Å². The van der Waals surface area contributed by atoms with Gasteiger partial charge in [0.15, 0.2) is 5.96 Å². The van der Waals surface area contributed by atoms with E-state index in [-0.39, 0.29) is 24.0 Å². The van der Waals surface area contributed by atoms with Crippen LogP contribution >= 0.6 is 24.0 Å². The number of guanidine groups is 1. The molecule has 5 nitrogen and oxygen atoms in total. The van der Waals surface area contributed by atoms with Gasteiger partial charge in [0.2, 0.25) is 0 Å². The Labute approximate surface area is 188 Å². The molecule has 2 aliphatic heterocycles. The number of rotatable bonds is 7. The van der Waals surface area contributed by atoms with Crippen LogP contribution in [0.4, 0.5) is 0 Å². The Morgan fingerprint density at radius 1 is 1.00 bits per heavy atom. The molecule has 0 aliphatic carbocycles. The molecule has 158 valence electrons. The second-order valence-corrected chi connectivity index (χ2v) is 7.84. The summed E-state index contributed by atoms with van der Waals surface area (Å²) < 4.78 is 0. The van der Waals surface area contributed by atoms with Crippen molar-refractivity contribution in [3.63, 3.8) is 0 Å². The number of likely N-dealkylation sites (tertiary alicyclic amines) is 2. The van der Waals surface area contributed by atoms with Gasteiger partial charge in [0.25, 0.3) is 0 Å². The fourth-order valence-electron chi connectivity index (χ4n) is 4.08. The highest BCUT2D eigenvalue weighted by atomic mass is 127. The molecule has 2 aliphatic rings. The molecular weight excluding hydrogens is 461 g/mol. The van der Waals surface area contributed by atoms with Crippen LogP contribution in [-0.2, 0) is 6.54 Å². The number of halogens is 1. The van der Waals surface area contributed by atoms with E-state index < -0.39 is 0 Å². The molecule has 0 spiro atoms. The van der Waals surface area contributed by atoms with E-state index in [1.807, 2.05) is 0 Å². The van der Waals surface area contributed by atoms with E-state index in [0.717, 1.165) is 45.2 Å². The van der Waals surface area contributed by atoms with Gasteiger partial charge in [-0.3, -0.25) is 9.89 Å². The zero-order valence-electron chi connectivity index (χ0n) is 17.4. The molecule has 0 unspecified atom stereocenters. The highest BCUT2D eigenvalue weighted by molar-refractivity contribution is 14.0. The van der Waals surface area contributed by atoms with E-state index in [1.54, 1.807) is 0 Å². The molecule has 0 saturated carbocycles. The van der Waals surface area contributed by atoms with Gasteiger partial charge in [-0.05, 0) is 51.3 Å². The first-order chi connectivity index (χ1) is 13.3. The Balaban J connectivity index is 0.00000280. The van der Waals surface area contributed by atoms with E-state index in [0.29, 0.717) is 6.04 Å². The Morgan fingerprint density at radius 3 is 2.39 bits per heavy atom. The number of piperidine rings is 2. The maximum atomic E-state index is 4.83. The molecule has 6 heteroatoms. The van der Waals surface area contributed by atoms with Gasteiger partial charge < -0.3 is 15.5 Å². The molecular formula is C22H38IN5. The largest absolute Gasteiger partial charge is 0.357 e. The monoisotopic (exact) mass is 499 g/mol. The number of hydrogen-bond acceptors (Lipinski definition) is 3. The number of nitrogens with zero attached hydrogens (tertiary/aromatic N) is 3. The van der Waals surface area contributed by atoms with Crippen molar-refractivity contribution >= 4 is 29.9 Å². The minimum absolute atomic E-state index is 0. The molecule has 28 heavy (non-hydrogen) atoms. The van der Waals surface area contributed by atoms with Crippen molar-refractivity contribution in [1.82, 2.24) is 20.4 Å². The predicted molar refractivity (Wildman–Crippen MR) is 130 cm³/mol. The van der Waals surface area contributed by atoms with Gasteiger partial charge in [0.05, 0.1) is 6.54 Å². The second kappa shape index (κ2) is 13.4. The van der Waals surface area contributed by atoms with Gasteiger partial charge in [-0.1, -0.05) is 36.8 Å². The van der Waals surface area contributed by atoms with Crippen LogP contribution in [0.25, 0.3) is 0 Å². The molecule has 0 atom stereocenters. The Hall–Kier alpha value is -0.860. The first kappa shape index (κ1) is 23.4. The molecule has 0 amide bonds. The highest BCUT2D eigenvalue weighted by Gasteiger charge is 2.20. The van der Waals surface area contributed by atoms with Gasteiger partial charge in [0, 0.05) is 38.8 Å². The van der Waals surface area contributed by atoms with Crippen molar-refractivity contribution in [3.8, 4) is 0 Å². The molecule has 1 aromatic carbocycles. The topological polar surface area (TPSA) is 42.9 Å². The fourth-order valence-corrected chi connectivity index (χ4v) is 4.08. The van der Waals surface area contributed by atoms with E-state index in [2.05, 4.69) is 57.7 Å². The summed E-state index contributed by atoms with van der Waals surface area (Å²) in [4.78, 5) is 9.95. The lowest BCUT2D eigenvalue weighted by molar-refractivity contribution is 0.198. The van der Waals surface area contributed by atoms with Crippen molar-refractivity contribution in [2.45, 2.75) is 51.6 Å². The van der Waals surface area contributed by atoms with Crippen molar-refractivity contribution in [2.24, 2.45) is 4.99 Å². The molecule has 2 heterocycles. The van der Waals surface area contributed by atoms with E-state index in [4.69, 9.17) is 4.99 Å². The van der Waals surface area contributed by atoms with Crippen LogP contribution < -0.4 is 10.6 Å². The van der Waals surface area contributed by atoms with Crippen LogP contribution in [0.15, 0.2) is 35.3 Å². The smallest absolute Gasteiger partial charge is 0.191 e. The summed E-state index contributed by atoms with van der Waals surface area (Å²) in [6.07, 6.45) is 6.47. The third-order valence-corrected chi connectivity index (χ3v) is 5.66. The zero-order chi connectivity index (χ0) is 18.7. The lowest BCUT2D eigenvalue weighted by Crippen LogP contribution is -2.48. The van der Waals surface area contributed by atoms with Gasteiger partial charge in [-0.25, -0.2) is 0 Å². The molecule has 0 radical (unpaired) electrons. The maximum Gasteiger partial charge on any atom is 0.191 e. The van der Waals surface area contributed by atoms with Crippen molar-refractivity contribution in [3.05, 3.63) is 35.9 Å². The highest BCUT2D eigenvalue weighted by Crippen LogP contribution is 2.14. The summed E-state index contributed by atoms with van der Waals surface area (Å²) >= 11 is 0. The minimum atomic E-state index is 0. The van der Waals surface area contributed by atoms with Gasteiger partial charge in [-0.2, -0.15) is 0 Å². The van der Waals surface area contributed by atoms with Crippen LogP contribution in [0.2, 0.25) is 0 Å². The predicted octanol–water partition coefficient (Wildman–Crippen LogP) is 3.31. The van der Waals surface area contributed by atoms with Crippen LogP contribution in [0, 0.1) is 0 Å². The number of nitrogens with one attached hydrogen (secondary N) is 2. The quantitative estimate of drug-likeness (QED) is 0.343. The van der Waals surface area contributed by atoms with Crippen LogP contribution in [0.1, 0.15) is 44.6 Å². The molecule has 1 aromatic rings. The number of aliphatic imine (C=N–C) groups is 1. The normalized spacial score (nSPS) is 19.8. The van der Waals surface area contributed by atoms with Gasteiger partial charge in [0.1, 0.15) is 0 Å². The Morgan fingerprint density at radius 2 is 1.71 bits per heavy atom. The van der Waals surface area contributed by atoms with Gasteiger partial charge >= 0.3 is 0 Å².